The Hall–Kier alpha value is -1.80. The molecule has 106 valence electrons. The average Bonchev–Trinajstić information content (AvgIpc) is 2.34. The number of nitrogens with zero attached hydrogens (tertiary/aromatic N) is 1. The molecule has 0 radical (unpaired) electrons. The molecule has 0 heterocycles. The highest BCUT2D eigenvalue weighted by molar-refractivity contribution is 7.89. The molecule has 0 saturated heterocycles. The third kappa shape index (κ3) is 3.58. The Kier molecular flexibility index (Phi) is 4.73. The van der Waals surface area contributed by atoms with Crippen molar-refractivity contribution in [2.75, 3.05) is 30.8 Å². The first-order chi connectivity index (χ1) is 8.81. The van der Waals surface area contributed by atoms with E-state index in [1.54, 1.807) is 11.0 Å². The summed E-state index contributed by atoms with van der Waals surface area (Å²) in [6.07, 6.45) is 0. The summed E-state index contributed by atoms with van der Waals surface area (Å²) < 4.78 is 22.8. The Balaban J connectivity index is 3.23. The number of likely N-dealkylation sites (N-methyl/N-ethyl adjacent to an activating group) is 2. The van der Waals surface area contributed by atoms with Gasteiger partial charge < -0.3 is 16.0 Å². The van der Waals surface area contributed by atoms with Gasteiger partial charge in [0.15, 0.2) is 0 Å². The van der Waals surface area contributed by atoms with Crippen molar-refractivity contribution in [2.24, 2.45) is 5.14 Å². The second-order valence-corrected chi connectivity index (χ2v) is 5.45. The largest absolute Gasteiger partial charge is 0.396 e. The first kappa shape index (κ1) is 15.3. The smallest absolute Gasteiger partial charge is 0.240 e. The van der Waals surface area contributed by atoms with Crippen molar-refractivity contribution in [3.05, 3.63) is 18.2 Å². The molecule has 0 aliphatic rings. The third-order valence-corrected chi connectivity index (χ3v) is 3.65. The normalized spacial score (nSPS) is 11.1. The van der Waals surface area contributed by atoms with Gasteiger partial charge in [-0.3, -0.25) is 4.79 Å². The third-order valence-electron chi connectivity index (χ3n) is 2.69. The van der Waals surface area contributed by atoms with Gasteiger partial charge in [0.25, 0.3) is 0 Å². The van der Waals surface area contributed by atoms with Gasteiger partial charge in [-0.2, -0.15) is 0 Å². The monoisotopic (exact) mass is 286 g/mol. The zero-order valence-corrected chi connectivity index (χ0v) is 11.7. The molecular formula is C11H18N4O3S. The number of benzene rings is 1. The molecule has 0 aliphatic heterocycles. The summed E-state index contributed by atoms with van der Waals surface area (Å²) in [6, 6.07) is 4.52. The van der Waals surface area contributed by atoms with Crippen LogP contribution in [0.1, 0.15) is 6.92 Å². The summed E-state index contributed by atoms with van der Waals surface area (Å²) in [5, 5.41) is 7.59. The van der Waals surface area contributed by atoms with E-state index >= 15 is 0 Å². The average molecular weight is 286 g/mol. The number of carbonyl (C=O) groups is 1. The first-order valence-electron chi connectivity index (χ1n) is 5.68. The fourth-order valence-electron chi connectivity index (χ4n) is 1.68. The molecule has 1 rings (SSSR count). The molecule has 0 bridgehead atoms. The van der Waals surface area contributed by atoms with Crippen LogP contribution in [0.25, 0.3) is 0 Å². The number of anilines is 2. The number of para-hydroxylation sites is 1. The predicted octanol–water partition coefficient (Wildman–Crippen LogP) is -0.511. The summed E-state index contributed by atoms with van der Waals surface area (Å²) in [4.78, 5) is 12.9. The maximum Gasteiger partial charge on any atom is 0.240 e. The molecule has 5 N–H and O–H groups in total. The lowest BCUT2D eigenvalue weighted by Gasteiger charge is -2.24. The minimum atomic E-state index is -3.88. The van der Waals surface area contributed by atoms with Gasteiger partial charge in [-0.05, 0) is 19.1 Å². The topological polar surface area (TPSA) is 119 Å². The Morgan fingerprint density at radius 3 is 2.53 bits per heavy atom. The number of sulfonamides is 1. The summed E-state index contributed by atoms with van der Waals surface area (Å²) in [5.41, 5.74) is 6.35. The Morgan fingerprint density at radius 1 is 1.42 bits per heavy atom. The van der Waals surface area contributed by atoms with Crippen molar-refractivity contribution >= 4 is 27.3 Å². The number of nitrogens with two attached hydrogens (primary N) is 2. The molecule has 0 saturated carbocycles. The second-order valence-electron chi connectivity index (χ2n) is 3.92. The Labute approximate surface area is 112 Å². The number of hydrogen-bond acceptors (Lipinski definition) is 5. The molecule has 7 nitrogen and oxygen atoms in total. The van der Waals surface area contributed by atoms with E-state index in [1.807, 2.05) is 6.92 Å². The van der Waals surface area contributed by atoms with Crippen LogP contribution in [0.5, 0.6) is 0 Å². The van der Waals surface area contributed by atoms with E-state index in [4.69, 9.17) is 10.9 Å². The van der Waals surface area contributed by atoms with Crippen LogP contribution in [0.15, 0.2) is 23.1 Å². The number of nitrogen functional groups attached to an aromatic ring is 1. The number of amides is 1. The fourth-order valence-corrected chi connectivity index (χ4v) is 2.36. The van der Waals surface area contributed by atoms with Crippen molar-refractivity contribution in [1.82, 2.24) is 5.32 Å². The summed E-state index contributed by atoms with van der Waals surface area (Å²) in [5.74, 6) is -0.192. The van der Waals surface area contributed by atoms with Crippen molar-refractivity contribution in [1.29, 1.82) is 0 Å². The molecule has 0 atom stereocenters. The molecule has 1 amide bonds. The van der Waals surface area contributed by atoms with Gasteiger partial charge in [0.1, 0.15) is 4.90 Å². The van der Waals surface area contributed by atoms with E-state index in [0.717, 1.165) is 0 Å². The zero-order chi connectivity index (χ0) is 14.6. The number of rotatable bonds is 5. The highest BCUT2D eigenvalue weighted by Gasteiger charge is 2.18. The molecule has 1 aromatic carbocycles. The van der Waals surface area contributed by atoms with Gasteiger partial charge in [-0.25, -0.2) is 13.6 Å². The van der Waals surface area contributed by atoms with E-state index in [1.165, 1.54) is 19.2 Å². The maximum atomic E-state index is 11.4. The van der Waals surface area contributed by atoms with Crippen molar-refractivity contribution in [3.8, 4) is 0 Å². The van der Waals surface area contributed by atoms with Crippen LogP contribution in [-0.4, -0.2) is 34.5 Å². The van der Waals surface area contributed by atoms with E-state index in [2.05, 4.69) is 5.32 Å². The predicted molar refractivity (Wildman–Crippen MR) is 74.2 cm³/mol. The SMILES string of the molecule is CCN(CC(=O)NC)c1cccc(S(N)(=O)=O)c1N. The van der Waals surface area contributed by atoms with Crippen molar-refractivity contribution in [2.45, 2.75) is 11.8 Å². The van der Waals surface area contributed by atoms with E-state index in [-0.39, 0.29) is 23.0 Å². The molecule has 0 unspecified atom stereocenters. The van der Waals surface area contributed by atoms with Crippen LogP contribution >= 0.6 is 0 Å². The fraction of sp³-hybridized carbons (Fsp3) is 0.364. The highest BCUT2D eigenvalue weighted by atomic mass is 32.2. The van der Waals surface area contributed by atoms with Crippen LogP contribution < -0.4 is 21.1 Å². The molecular weight excluding hydrogens is 268 g/mol. The van der Waals surface area contributed by atoms with Crippen LogP contribution in [0, 0.1) is 0 Å². The minimum Gasteiger partial charge on any atom is -0.396 e. The van der Waals surface area contributed by atoms with Gasteiger partial charge in [0, 0.05) is 13.6 Å². The molecule has 0 fully saturated rings. The van der Waals surface area contributed by atoms with Crippen molar-refractivity contribution in [3.63, 3.8) is 0 Å². The molecule has 1 aromatic rings. The van der Waals surface area contributed by atoms with Gasteiger partial charge in [0.05, 0.1) is 17.9 Å². The molecule has 19 heavy (non-hydrogen) atoms. The van der Waals surface area contributed by atoms with E-state index in [9.17, 15) is 13.2 Å². The van der Waals surface area contributed by atoms with Gasteiger partial charge >= 0.3 is 0 Å². The summed E-state index contributed by atoms with van der Waals surface area (Å²) >= 11 is 0. The molecule has 0 spiro atoms. The highest BCUT2D eigenvalue weighted by Crippen LogP contribution is 2.28. The van der Waals surface area contributed by atoms with Crippen LogP contribution in [0.3, 0.4) is 0 Å². The van der Waals surface area contributed by atoms with Gasteiger partial charge in [-0.1, -0.05) is 6.07 Å². The standard InChI is InChI=1S/C11H18N4O3S/c1-3-15(7-10(16)14-2)8-5-4-6-9(11(8)12)19(13,17)18/h4-6H,3,7,12H2,1-2H3,(H,14,16)(H2,13,17,18). The lowest BCUT2D eigenvalue weighted by atomic mass is 10.2. The Morgan fingerprint density at radius 2 is 2.05 bits per heavy atom. The molecule has 0 aromatic heterocycles. The number of nitrogens with one attached hydrogen (secondary N) is 1. The Bertz CT molecular complexity index is 571. The lowest BCUT2D eigenvalue weighted by Crippen LogP contribution is -2.36. The zero-order valence-electron chi connectivity index (χ0n) is 10.9. The van der Waals surface area contributed by atoms with E-state index in [0.29, 0.717) is 12.2 Å². The minimum absolute atomic E-state index is 0.0516. The summed E-state index contributed by atoms with van der Waals surface area (Å²) in [7, 11) is -2.36. The number of carbonyl (C=O) groups excluding carboxylic acids is 1. The first-order valence-corrected chi connectivity index (χ1v) is 7.22. The number of primary sulfonamides is 1. The molecule has 8 heteroatoms. The van der Waals surface area contributed by atoms with E-state index < -0.39 is 10.0 Å². The van der Waals surface area contributed by atoms with Gasteiger partial charge in [0.2, 0.25) is 15.9 Å². The van der Waals surface area contributed by atoms with Crippen LogP contribution in [0.4, 0.5) is 11.4 Å². The number of hydrogen-bond donors (Lipinski definition) is 3. The van der Waals surface area contributed by atoms with Crippen molar-refractivity contribution < 1.29 is 13.2 Å². The second kappa shape index (κ2) is 5.89. The van der Waals surface area contributed by atoms with Gasteiger partial charge in [-0.15, -0.1) is 0 Å². The van der Waals surface area contributed by atoms with Crippen LogP contribution in [0.2, 0.25) is 0 Å². The molecule has 0 aliphatic carbocycles. The van der Waals surface area contributed by atoms with Crippen LogP contribution in [-0.2, 0) is 14.8 Å². The summed E-state index contributed by atoms with van der Waals surface area (Å²) in [6.45, 7) is 2.43. The lowest BCUT2D eigenvalue weighted by molar-refractivity contribution is -0.119. The quantitative estimate of drug-likeness (QED) is 0.630. The maximum absolute atomic E-state index is 11.4.